The average Bonchev–Trinajstić information content (AvgIpc) is 2.84. The van der Waals surface area contributed by atoms with Crippen molar-refractivity contribution in [2.45, 2.75) is 24.7 Å². The normalized spacial score (nSPS) is 12.9. The number of benzene rings is 4. The van der Waals surface area contributed by atoms with E-state index in [4.69, 9.17) is 0 Å². The van der Waals surface area contributed by atoms with Crippen molar-refractivity contribution in [2.24, 2.45) is 0 Å². The number of halogens is 1. The lowest BCUT2D eigenvalue weighted by atomic mass is 9.89. The second-order valence-corrected chi connectivity index (χ2v) is 9.99. The fourth-order valence-electron chi connectivity index (χ4n) is 3.73. The molecule has 3 nitrogen and oxygen atoms in total. The van der Waals surface area contributed by atoms with Crippen LogP contribution in [0.25, 0.3) is 5.70 Å². The highest BCUT2D eigenvalue weighted by molar-refractivity contribution is 7.89. The van der Waals surface area contributed by atoms with E-state index in [-0.39, 0.29) is 16.6 Å². The third kappa shape index (κ3) is 5.61. The van der Waals surface area contributed by atoms with E-state index >= 15 is 0 Å². The lowest BCUT2D eigenvalue weighted by Gasteiger charge is -2.19. The summed E-state index contributed by atoms with van der Waals surface area (Å²) in [5.74, 6) is -0.614. The SMILES string of the molecule is Cc1ccc(/C(=C/C(c2ccccc2)c2ccc(F)cc2)NS(=O)(=O)c2ccc(C)cc2)cc1. The molecule has 0 bridgehead atoms. The van der Waals surface area contributed by atoms with Gasteiger partial charge in [-0.05, 0) is 60.9 Å². The molecule has 0 aliphatic carbocycles. The Hall–Kier alpha value is -3.70. The molecule has 0 saturated carbocycles. The first-order valence-corrected chi connectivity index (χ1v) is 12.5. The van der Waals surface area contributed by atoms with Gasteiger partial charge >= 0.3 is 0 Å². The monoisotopic (exact) mass is 471 g/mol. The predicted octanol–water partition coefficient (Wildman–Crippen LogP) is 6.59. The molecule has 0 saturated heterocycles. The Bertz CT molecular complexity index is 1380. The van der Waals surface area contributed by atoms with Gasteiger partial charge < -0.3 is 0 Å². The van der Waals surface area contributed by atoms with Gasteiger partial charge in [0.05, 0.1) is 10.6 Å². The van der Waals surface area contributed by atoms with E-state index < -0.39 is 10.0 Å². The summed E-state index contributed by atoms with van der Waals surface area (Å²) in [4.78, 5) is 0.189. The van der Waals surface area contributed by atoms with Gasteiger partial charge in [0.1, 0.15) is 5.82 Å². The van der Waals surface area contributed by atoms with Gasteiger partial charge in [-0.2, -0.15) is 0 Å². The summed E-state index contributed by atoms with van der Waals surface area (Å²) in [6, 6.07) is 30.5. The van der Waals surface area contributed by atoms with Gasteiger partial charge in [-0.1, -0.05) is 90.0 Å². The van der Waals surface area contributed by atoms with Crippen molar-refractivity contribution in [1.82, 2.24) is 4.72 Å². The van der Waals surface area contributed by atoms with Crippen LogP contribution in [0.2, 0.25) is 0 Å². The minimum absolute atomic E-state index is 0.189. The van der Waals surface area contributed by atoms with Crippen molar-refractivity contribution in [3.8, 4) is 0 Å². The quantitative estimate of drug-likeness (QED) is 0.330. The highest BCUT2D eigenvalue weighted by Crippen LogP contribution is 2.30. The molecule has 4 aromatic carbocycles. The number of aryl methyl sites for hydroxylation is 2. The number of allylic oxidation sites excluding steroid dienone is 1. The summed E-state index contributed by atoms with van der Waals surface area (Å²) in [7, 11) is -3.83. The minimum Gasteiger partial charge on any atom is -0.279 e. The molecular formula is C29H26FNO2S. The van der Waals surface area contributed by atoms with Gasteiger partial charge in [0.2, 0.25) is 0 Å². The molecule has 1 unspecified atom stereocenters. The van der Waals surface area contributed by atoms with E-state index in [1.54, 1.807) is 36.4 Å². The maximum absolute atomic E-state index is 13.6. The smallest absolute Gasteiger partial charge is 0.261 e. The van der Waals surface area contributed by atoms with E-state index in [0.717, 1.165) is 27.8 Å². The number of nitrogens with one attached hydrogen (secondary N) is 1. The first-order chi connectivity index (χ1) is 16.3. The molecule has 0 heterocycles. The molecule has 5 heteroatoms. The molecule has 0 aliphatic heterocycles. The van der Waals surface area contributed by atoms with Gasteiger partial charge in [-0.15, -0.1) is 0 Å². The first-order valence-electron chi connectivity index (χ1n) is 11.0. The molecule has 34 heavy (non-hydrogen) atoms. The number of hydrogen-bond acceptors (Lipinski definition) is 2. The third-order valence-electron chi connectivity index (χ3n) is 5.66. The molecule has 4 aromatic rings. The van der Waals surface area contributed by atoms with Gasteiger partial charge in [0, 0.05) is 5.92 Å². The van der Waals surface area contributed by atoms with Crippen LogP contribution in [-0.4, -0.2) is 8.42 Å². The molecule has 1 atom stereocenters. The van der Waals surface area contributed by atoms with Crippen LogP contribution < -0.4 is 4.72 Å². The number of rotatable bonds is 7. The van der Waals surface area contributed by atoms with Crippen LogP contribution >= 0.6 is 0 Å². The van der Waals surface area contributed by atoms with Crippen molar-refractivity contribution in [3.63, 3.8) is 0 Å². The summed E-state index contributed by atoms with van der Waals surface area (Å²) in [6.45, 7) is 3.89. The fraction of sp³-hybridized carbons (Fsp3) is 0.103. The highest BCUT2D eigenvalue weighted by Gasteiger charge is 2.19. The topological polar surface area (TPSA) is 46.2 Å². The van der Waals surface area contributed by atoms with Gasteiger partial charge in [0.15, 0.2) is 0 Å². The van der Waals surface area contributed by atoms with Crippen LogP contribution in [0.1, 0.15) is 33.7 Å². The molecule has 172 valence electrons. The van der Waals surface area contributed by atoms with Crippen molar-refractivity contribution >= 4 is 15.7 Å². The zero-order chi connectivity index (χ0) is 24.1. The van der Waals surface area contributed by atoms with E-state index in [1.165, 1.54) is 12.1 Å². The van der Waals surface area contributed by atoms with Crippen LogP contribution in [0.4, 0.5) is 4.39 Å². The van der Waals surface area contributed by atoms with E-state index in [9.17, 15) is 12.8 Å². The average molecular weight is 472 g/mol. The highest BCUT2D eigenvalue weighted by atomic mass is 32.2. The second kappa shape index (κ2) is 10.1. The molecule has 0 fully saturated rings. The molecule has 0 aliphatic rings. The van der Waals surface area contributed by atoms with E-state index in [0.29, 0.717) is 5.70 Å². The Kier molecular flexibility index (Phi) is 6.94. The van der Waals surface area contributed by atoms with Crippen LogP contribution in [0, 0.1) is 19.7 Å². The molecule has 0 amide bonds. The Labute approximate surface area is 200 Å². The lowest BCUT2D eigenvalue weighted by Crippen LogP contribution is -2.23. The Balaban J connectivity index is 1.84. The zero-order valence-electron chi connectivity index (χ0n) is 19.1. The molecule has 0 aromatic heterocycles. The summed E-state index contributed by atoms with van der Waals surface area (Å²) in [6.07, 6.45) is 1.89. The number of hydrogen-bond donors (Lipinski definition) is 1. The standard InChI is InChI=1S/C29H26FNO2S/c1-21-8-12-25(13-9-21)29(31-34(32,33)27-18-10-22(2)11-19-27)20-28(23-6-4-3-5-7-23)24-14-16-26(30)17-15-24/h3-20,28,31H,1-2H3/b29-20-. The maximum atomic E-state index is 13.6. The van der Waals surface area contributed by atoms with Crippen molar-refractivity contribution in [1.29, 1.82) is 0 Å². The Morgan fingerprint density at radius 2 is 1.26 bits per heavy atom. The van der Waals surface area contributed by atoms with E-state index in [1.807, 2.05) is 74.5 Å². The lowest BCUT2D eigenvalue weighted by molar-refractivity contribution is 0.591. The van der Waals surface area contributed by atoms with Gasteiger partial charge in [0.25, 0.3) is 10.0 Å². The Morgan fingerprint density at radius 3 is 1.85 bits per heavy atom. The van der Waals surface area contributed by atoms with Crippen LogP contribution in [0.15, 0.2) is 114 Å². The molecular weight excluding hydrogens is 445 g/mol. The maximum Gasteiger partial charge on any atom is 0.261 e. The van der Waals surface area contributed by atoms with Gasteiger partial charge in [-0.3, -0.25) is 4.72 Å². The summed E-state index contributed by atoms with van der Waals surface area (Å²) >= 11 is 0. The van der Waals surface area contributed by atoms with E-state index in [2.05, 4.69) is 4.72 Å². The largest absolute Gasteiger partial charge is 0.279 e. The fourth-order valence-corrected chi connectivity index (χ4v) is 4.81. The molecule has 1 N–H and O–H groups in total. The van der Waals surface area contributed by atoms with Gasteiger partial charge in [-0.25, -0.2) is 12.8 Å². The summed E-state index contributed by atoms with van der Waals surface area (Å²) in [5.41, 5.74) is 5.07. The van der Waals surface area contributed by atoms with Crippen molar-refractivity contribution in [3.05, 3.63) is 143 Å². The van der Waals surface area contributed by atoms with Crippen LogP contribution in [-0.2, 0) is 10.0 Å². The van der Waals surface area contributed by atoms with Crippen molar-refractivity contribution in [2.75, 3.05) is 0 Å². The van der Waals surface area contributed by atoms with Crippen LogP contribution in [0.5, 0.6) is 0 Å². The predicted molar refractivity (Wildman–Crippen MR) is 135 cm³/mol. The Morgan fingerprint density at radius 1 is 0.735 bits per heavy atom. The molecule has 4 rings (SSSR count). The molecule has 0 radical (unpaired) electrons. The van der Waals surface area contributed by atoms with Crippen molar-refractivity contribution < 1.29 is 12.8 Å². The van der Waals surface area contributed by atoms with Crippen LogP contribution in [0.3, 0.4) is 0 Å². The first kappa shape index (κ1) is 23.5. The second-order valence-electron chi connectivity index (χ2n) is 8.30. The molecule has 0 spiro atoms. The third-order valence-corrected chi connectivity index (χ3v) is 7.04. The minimum atomic E-state index is -3.83. The summed E-state index contributed by atoms with van der Waals surface area (Å²) in [5, 5.41) is 0. The number of sulfonamides is 1. The summed E-state index contributed by atoms with van der Waals surface area (Å²) < 4.78 is 43.0. The zero-order valence-corrected chi connectivity index (χ0v) is 19.9.